The van der Waals surface area contributed by atoms with Crippen molar-refractivity contribution in [3.05, 3.63) is 66.1 Å². The number of rotatable bonds is 5. The van der Waals surface area contributed by atoms with Gasteiger partial charge in [-0.1, -0.05) is 24.3 Å². The number of benzene rings is 2. The van der Waals surface area contributed by atoms with Crippen molar-refractivity contribution in [2.75, 3.05) is 17.7 Å². The van der Waals surface area contributed by atoms with Crippen molar-refractivity contribution in [1.82, 2.24) is 0 Å². The first-order valence-corrected chi connectivity index (χ1v) is 6.71. The van der Waals surface area contributed by atoms with Crippen LogP contribution in [-0.2, 0) is 4.79 Å². The lowest BCUT2D eigenvalue weighted by atomic mass is 10.2. The Bertz CT molecular complexity index is 781. The summed E-state index contributed by atoms with van der Waals surface area (Å²) in [4.78, 5) is 12.1. The van der Waals surface area contributed by atoms with Gasteiger partial charge in [0.25, 0.3) is 5.91 Å². The number of carbonyl (C=O) groups is 1. The highest BCUT2D eigenvalue weighted by Gasteiger charge is 2.12. The predicted octanol–water partition coefficient (Wildman–Crippen LogP) is 3.29. The zero-order valence-electron chi connectivity index (χ0n) is 12.3. The maximum absolute atomic E-state index is 13.5. The molecule has 0 fully saturated rings. The molecule has 116 valence electrons. The van der Waals surface area contributed by atoms with Crippen molar-refractivity contribution in [2.24, 2.45) is 0 Å². The number of nitrogens with one attached hydrogen (secondary N) is 2. The van der Waals surface area contributed by atoms with Crippen LogP contribution in [0.2, 0.25) is 0 Å². The number of halogens is 1. The Hall–Kier alpha value is -3.33. The summed E-state index contributed by atoms with van der Waals surface area (Å²) in [6.45, 7) is 0. The number of amides is 1. The first-order valence-electron chi connectivity index (χ1n) is 6.71. The zero-order valence-corrected chi connectivity index (χ0v) is 12.3. The third kappa shape index (κ3) is 4.08. The molecule has 1 amide bonds. The van der Waals surface area contributed by atoms with Gasteiger partial charge in [0.05, 0.1) is 18.5 Å². The van der Waals surface area contributed by atoms with Crippen molar-refractivity contribution in [3.63, 3.8) is 0 Å². The number of anilines is 2. The Balaban J connectivity index is 2.14. The number of methoxy groups -OCH3 is 1. The smallest absolute Gasteiger partial charge is 0.267 e. The van der Waals surface area contributed by atoms with Gasteiger partial charge in [0.15, 0.2) is 0 Å². The summed E-state index contributed by atoms with van der Waals surface area (Å²) < 4.78 is 18.6. The number of carbonyl (C=O) groups excluding carboxylic acids is 1. The number of ether oxygens (including phenoxy) is 1. The molecule has 0 unspecified atom stereocenters. The third-order valence-electron chi connectivity index (χ3n) is 2.97. The topological polar surface area (TPSA) is 74.1 Å². The molecule has 0 aromatic heterocycles. The van der Waals surface area contributed by atoms with E-state index in [2.05, 4.69) is 10.6 Å². The van der Waals surface area contributed by atoms with Crippen LogP contribution in [0, 0.1) is 17.1 Å². The normalized spacial score (nSPS) is 10.6. The number of para-hydroxylation sites is 3. The number of nitriles is 1. The zero-order chi connectivity index (χ0) is 16.7. The molecule has 0 bridgehead atoms. The highest BCUT2D eigenvalue weighted by Crippen LogP contribution is 2.23. The van der Waals surface area contributed by atoms with Crippen LogP contribution in [0.5, 0.6) is 5.75 Å². The Labute approximate surface area is 133 Å². The van der Waals surface area contributed by atoms with Crippen LogP contribution in [0.1, 0.15) is 0 Å². The van der Waals surface area contributed by atoms with E-state index in [0.29, 0.717) is 11.4 Å². The van der Waals surface area contributed by atoms with Gasteiger partial charge in [-0.2, -0.15) is 5.26 Å². The SMILES string of the molecule is COc1ccccc1NC(=O)/C(C#N)=C\Nc1ccccc1F. The lowest BCUT2D eigenvalue weighted by Gasteiger charge is -2.09. The van der Waals surface area contributed by atoms with Gasteiger partial charge in [0, 0.05) is 6.20 Å². The predicted molar refractivity (Wildman–Crippen MR) is 85.3 cm³/mol. The summed E-state index contributed by atoms with van der Waals surface area (Å²) in [7, 11) is 1.48. The Kier molecular flexibility index (Phi) is 5.31. The second-order valence-electron chi connectivity index (χ2n) is 4.45. The third-order valence-corrected chi connectivity index (χ3v) is 2.97. The van der Waals surface area contributed by atoms with E-state index in [-0.39, 0.29) is 11.3 Å². The Morgan fingerprint density at radius 3 is 2.48 bits per heavy atom. The van der Waals surface area contributed by atoms with Crippen molar-refractivity contribution in [1.29, 1.82) is 5.26 Å². The second kappa shape index (κ2) is 7.61. The molecule has 0 aliphatic heterocycles. The minimum atomic E-state index is -0.624. The number of nitrogens with zero attached hydrogens (tertiary/aromatic N) is 1. The minimum Gasteiger partial charge on any atom is -0.495 e. The highest BCUT2D eigenvalue weighted by atomic mass is 19.1. The summed E-state index contributed by atoms with van der Waals surface area (Å²) >= 11 is 0. The molecular formula is C17H14FN3O2. The van der Waals surface area contributed by atoms with Gasteiger partial charge < -0.3 is 15.4 Å². The largest absolute Gasteiger partial charge is 0.495 e. The summed E-state index contributed by atoms with van der Waals surface area (Å²) in [5.41, 5.74) is 0.413. The lowest BCUT2D eigenvalue weighted by Crippen LogP contribution is -2.15. The highest BCUT2D eigenvalue weighted by molar-refractivity contribution is 6.07. The van der Waals surface area contributed by atoms with Crippen LogP contribution < -0.4 is 15.4 Å². The molecule has 0 atom stereocenters. The van der Waals surface area contributed by atoms with Gasteiger partial charge in [0.1, 0.15) is 23.2 Å². The molecule has 0 heterocycles. The first-order chi connectivity index (χ1) is 11.2. The molecule has 5 nitrogen and oxygen atoms in total. The molecule has 2 aromatic rings. The van der Waals surface area contributed by atoms with E-state index < -0.39 is 11.7 Å². The van der Waals surface area contributed by atoms with Crippen LogP contribution in [0.3, 0.4) is 0 Å². The van der Waals surface area contributed by atoms with Gasteiger partial charge in [-0.3, -0.25) is 4.79 Å². The molecule has 0 spiro atoms. The fourth-order valence-corrected chi connectivity index (χ4v) is 1.81. The van der Waals surface area contributed by atoms with Crippen LogP contribution in [0.25, 0.3) is 0 Å². The Morgan fingerprint density at radius 2 is 1.83 bits per heavy atom. The second-order valence-corrected chi connectivity index (χ2v) is 4.45. The molecular weight excluding hydrogens is 297 g/mol. The average molecular weight is 311 g/mol. The van der Waals surface area contributed by atoms with Crippen LogP contribution >= 0.6 is 0 Å². The van der Waals surface area contributed by atoms with Gasteiger partial charge in [-0.25, -0.2) is 4.39 Å². The van der Waals surface area contributed by atoms with Crippen LogP contribution in [0.4, 0.5) is 15.8 Å². The fourth-order valence-electron chi connectivity index (χ4n) is 1.81. The van der Waals surface area contributed by atoms with E-state index >= 15 is 0 Å². The van der Waals surface area contributed by atoms with Gasteiger partial charge in [-0.15, -0.1) is 0 Å². The van der Waals surface area contributed by atoms with E-state index in [1.54, 1.807) is 42.5 Å². The molecule has 0 saturated carbocycles. The quantitative estimate of drug-likeness (QED) is 0.656. The summed E-state index contributed by atoms with van der Waals surface area (Å²) in [6.07, 6.45) is 1.16. The van der Waals surface area contributed by atoms with Crippen molar-refractivity contribution in [2.45, 2.75) is 0 Å². The van der Waals surface area contributed by atoms with Gasteiger partial charge >= 0.3 is 0 Å². The van der Waals surface area contributed by atoms with Crippen LogP contribution in [0.15, 0.2) is 60.3 Å². The summed E-state index contributed by atoms with van der Waals surface area (Å²) in [5.74, 6) is -0.632. The fraction of sp³-hybridized carbons (Fsp3) is 0.0588. The monoisotopic (exact) mass is 311 g/mol. The maximum atomic E-state index is 13.5. The molecule has 0 radical (unpaired) electrons. The van der Waals surface area contributed by atoms with Crippen molar-refractivity contribution in [3.8, 4) is 11.8 Å². The summed E-state index contributed by atoms with van der Waals surface area (Å²) in [5, 5.41) is 14.3. The Morgan fingerprint density at radius 1 is 1.17 bits per heavy atom. The van der Waals surface area contributed by atoms with E-state index in [9.17, 15) is 9.18 Å². The first kappa shape index (κ1) is 16.0. The maximum Gasteiger partial charge on any atom is 0.267 e. The van der Waals surface area contributed by atoms with Crippen LogP contribution in [-0.4, -0.2) is 13.0 Å². The van der Waals surface area contributed by atoms with Crippen molar-refractivity contribution >= 4 is 17.3 Å². The standard InChI is InChI=1S/C17H14FN3O2/c1-23-16-9-5-4-8-15(16)21-17(22)12(10-19)11-20-14-7-3-2-6-13(14)18/h2-9,11,20H,1H3,(H,21,22)/b12-11-. The molecule has 23 heavy (non-hydrogen) atoms. The number of hydrogen-bond donors (Lipinski definition) is 2. The van der Waals surface area contributed by atoms with Crippen molar-refractivity contribution < 1.29 is 13.9 Å². The molecule has 0 aliphatic carbocycles. The van der Waals surface area contributed by atoms with E-state index in [4.69, 9.17) is 10.00 Å². The molecule has 2 aromatic carbocycles. The molecule has 2 N–H and O–H groups in total. The molecule has 0 saturated heterocycles. The van der Waals surface area contributed by atoms with Gasteiger partial charge in [0.2, 0.25) is 0 Å². The average Bonchev–Trinajstić information content (AvgIpc) is 2.57. The molecule has 2 rings (SSSR count). The number of hydrogen-bond acceptors (Lipinski definition) is 4. The van der Waals surface area contributed by atoms with Gasteiger partial charge in [-0.05, 0) is 24.3 Å². The molecule has 6 heteroatoms. The lowest BCUT2D eigenvalue weighted by molar-refractivity contribution is -0.112. The summed E-state index contributed by atoms with van der Waals surface area (Å²) in [6, 6.07) is 14.6. The minimum absolute atomic E-state index is 0.172. The molecule has 0 aliphatic rings. The van der Waals surface area contributed by atoms with E-state index in [1.807, 2.05) is 0 Å². The van der Waals surface area contributed by atoms with E-state index in [0.717, 1.165) is 6.20 Å². The van der Waals surface area contributed by atoms with E-state index in [1.165, 1.54) is 19.2 Å².